The fourth-order valence-corrected chi connectivity index (χ4v) is 2.51. The van der Waals surface area contributed by atoms with Gasteiger partial charge in [-0.2, -0.15) is 4.37 Å². The summed E-state index contributed by atoms with van der Waals surface area (Å²) < 4.78 is 3.88. The summed E-state index contributed by atoms with van der Waals surface area (Å²) in [7, 11) is 0. The molecule has 1 heterocycles. The molecule has 0 saturated heterocycles. The first-order valence-corrected chi connectivity index (χ1v) is 6.36. The van der Waals surface area contributed by atoms with Gasteiger partial charge in [0.2, 0.25) is 0 Å². The van der Waals surface area contributed by atoms with Crippen molar-refractivity contribution in [3.05, 3.63) is 38.7 Å². The van der Waals surface area contributed by atoms with Crippen LogP contribution in [0.1, 0.15) is 20.0 Å². The molecule has 98 valence electrons. The summed E-state index contributed by atoms with van der Waals surface area (Å²) in [5, 5.41) is 18.6. The van der Waals surface area contributed by atoms with Gasteiger partial charge < -0.3 is 10.2 Å². The molecule has 0 aliphatic carbocycles. The molecule has 2 rings (SSSR count). The van der Waals surface area contributed by atoms with Gasteiger partial charge in [0.25, 0.3) is 0 Å². The summed E-state index contributed by atoms with van der Waals surface area (Å²) in [6, 6.07) is 4.46. The molecule has 5 nitrogen and oxygen atoms in total. The molecule has 0 fully saturated rings. The average molecular weight is 318 g/mol. The molecule has 8 heteroatoms. The lowest BCUT2D eigenvalue weighted by atomic mass is 10.1. The Hall–Kier alpha value is -1.63. The number of hydrogen-bond acceptors (Lipinski definition) is 4. The Morgan fingerprint density at radius 2 is 1.79 bits per heavy atom. The van der Waals surface area contributed by atoms with Crippen LogP contribution >= 0.6 is 34.7 Å². The second kappa shape index (κ2) is 5.16. The van der Waals surface area contributed by atoms with Crippen molar-refractivity contribution in [2.24, 2.45) is 0 Å². The summed E-state index contributed by atoms with van der Waals surface area (Å²) in [5.41, 5.74) is 0.111. The predicted octanol–water partition coefficient (Wildman–Crippen LogP) is 3.51. The molecule has 2 aromatic rings. The number of carboxylic acids is 2. The molecule has 0 atom stereocenters. The first-order valence-electron chi connectivity index (χ1n) is 4.83. The Morgan fingerprint density at radius 1 is 1.11 bits per heavy atom. The summed E-state index contributed by atoms with van der Waals surface area (Å²) in [6.45, 7) is 0. The summed E-state index contributed by atoms with van der Waals surface area (Å²) in [5.74, 6) is -2.69. The van der Waals surface area contributed by atoms with Gasteiger partial charge in [0, 0.05) is 5.56 Å². The number of carboxylic acid groups (broad SMARTS) is 2. The number of nitrogens with zero attached hydrogens (tertiary/aromatic N) is 1. The Morgan fingerprint density at radius 3 is 2.32 bits per heavy atom. The maximum Gasteiger partial charge on any atom is 0.348 e. The van der Waals surface area contributed by atoms with Crippen molar-refractivity contribution in [3.63, 3.8) is 0 Å². The van der Waals surface area contributed by atoms with Gasteiger partial charge in [0.05, 0.1) is 15.7 Å². The van der Waals surface area contributed by atoms with Crippen LogP contribution in [0.4, 0.5) is 0 Å². The normalized spacial score (nSPS) is 10.4. The zero-order chi connectivity index (χ0) is 14.2. The van der Waals surface area contributed by atoms with E-state index in [4.69, 9.17) is 33.4 Å². The van der Waals surface area contributed by atoms with Crippen LogP contribution in [0.25, 0.3) is 11.3 Å². The lowest BCUT2D eigenvalue weighted by Gasteiger charge is -2.02. The number of rotatable bonds is 3. The fraction of sp³-hybridized carbons (Fsp3) is 0. The monoisotopic (exact) mass is 317 g/mol. The van der Waals surface area contributed by atoms with E-state index in [0.717, 1.165) is 0 Å². The van der Waals surface area contributed by atoms with Crippen LogP contribution in [0.15, 0.2) is 18.2 Å². The molecule has 0 bridgehead atoms. The highest BCUT2D eigenvalue weighted by molar-refractivity contribution is 7.08. The van der Waals surface area contributed by atoms with Crippen LogP contribution in [-0.4, -0.2) is 26.5 Å². The first-order chi connectivity index (χ1) is 8.91. The molecule has 0 amide bonds. The second-order valence-corrected chi connectivity index (χ2v) is 5.06. The predicted molar refractivity (Wildman–Crippen MR) is 71.5 cm³/mol. The van der Waals surface area contributed by atoms with Crippen molar-refractivity contribution < 1.29 is 19.8 Å². The largest absolute Gasteiger partial charge is 0.478 e. The zero-order valence-electron chi connectivity index (χ0n) is 9.05. The SMILES string of the molecule is O=C(O)c1snc(-c2ccc(Cl)c(Cl)c2)c1C(=O)O. The van der Waals surface area contributed by atoms with Gasteiger partial charge in [0.15, 0.2) is 0 Å². The Balaban J connectivity index is 2.65. The minimum atomic E-state index is -1.35. The van der Waals surface area contributed by atoms with Gasteiger partial charge in [-0.05, 0) is 23.7 Å². The Bertz CT molecular complexity index is 683. The summed E-state index contributed by atoms with van der Waals surface area (Å²) in [6.07, 6.45) is 0. The number of halogens is 2. The highest BCUT2D eigenvalue weighted by Gasteiger charge is 2.25. The smallest absolute Gasteiger partial charge is 0.348 e. The van der Waals surface area contributed by atoms with E-state index in [1.165, 1.54) is 18.2 Å². The molecular formula is C11H5Cl2NO4S. The number of aromatic nitrogens is 1. The fourth-order valence-electron chi connectivity index (χ4n) is 1.47. The third kappa shape index (κ3) is 2.56. The number of aromatic carboxylic acids is 2. The maximum atomic E-state index is 11.2. The topological polar surface area (TPSA) is 87.5 Å². The van der Waals surface area contributed by atoms with Gasteiger partial charge in [-0.1, -0.05) is 29.3 Å². The minimum absolute atomic E-state index is 0.0634. The van der Waals surface area contributed by atoms with Gasteiger partial charge in [-0.25, -0.2) is 9.59 Å². The molecular weight excluding hydrogens is 313 g/mol. The molecule has 0 unspecified atom stereocenters. The molecule has 0 aliphatic rings. The maximum absolute atomic E-state index is 11.2. The van der Waals surface area contributed by atoms with Crippen molar-refractivity contribution in [2.75, 3.05) is 0 Å². The summed E-state index contributed by atoms with van der Waals surface area (Å²) in [4.78, 5) is 21.8. The standard InChI is InChI=1S/C11H5Cl2NO4S/c12-5-2-1-4(3-6(5)13)8-7(10(15)16)9(11(17)18)19-14-8/h1-3H,(H,15,16)(H,17,18). The molecule has 2 N–H and O–H groups in total. The highest BCUT2D eigenvalue weighted by Crippen LogP contribution is 2.32. The van der Waals surface area contributed by atoms with Crippen molar-refractivity contribution in [3.8, 4) is 11.3 Å². The van der Waals surface area contributed by atoms with Crippen LogP contribution in [0.3, 0.4) is 0 Å². The van der Waals surface area contributed by atoms with Crippen LogP contribution in [0, 0.1) is 0 Å². The van der Waals surface area contributed by atoms with Gasteiger partial charge in [0.1, 0.15) is 10.4 Å². The molecule has 19 heavy (non-hydrogen) atoms. The Kier molecular flexibility index (Phi) is 3.75. The third-order valence-corrected chi connectivity index (χ3v) is 3.87. The Labute approximate surface area is 121 Å². The van der Waals surface area contributed by atoms with Crippen molar-refractivity contribution in [1.29, 1.82) is 0 Å². The molecule has 1 aromatic carbocycles. The van der Waals surface area contributed by atoms with Crippen LogP contribution in [-0.2, 0) is 0 Å². The molecule has 0 aliphatic heterocycles. The van der Waals surface area contributed by atoms with Crippen molar-refractivity contribution in [2.45, 2.75) is 0 Å². The number of hydrogen-bond donors (Lipinski definition) is 2. The number of benzene rings is 1. The zero-order valence-corrected chi connectivity index (χ0v) is 11.4. The molecule has 0 spiro atoms. The minimum Gasteiger partial charge on any atom is -0.478 e. The van der Waals surface area contributed by atoms with Gasteiger partial charge in [-0.3, -0.25) is 0 Å². The third-order valence-electron chi connectivity index (χ3n) is 2.29. The van der Waals surface area contributed by atoms with E-state index in [1.807, 2.05) is 0 Å². The van der Waals surface area contributed by atoms with Gasteiger partial charge >= 0.3 is 11.9 Å². The van der Waals surface area contributed by atoms with Crippen LogP contribution in [0.5, 0.6) is 0 Å². The van der Waals surface area contributed by atoms with E-state index < -0.39 is 11.9 Å². The molecule has 1 aromatic heterocycles. The van der Waals surface area contributed by atoms with E-state index in [0.29, 0.717) is 22.1 Å². The lowest BCUT2D eigenvalue weighted by molar-refractivity contribution is 0.0656. The quantitative estimate of drug-likeness (QED) is 0.904. The van der Waals surface area contributed by atoms with E-state index in [2.05, 4.69) is 4.37 Å². The number of carbonyl (C=O) groups is 2. The van der Waals surface area contributed by atoms with Crippen molar-refractivity contribution in [1.82, 2.24) is 4.37 Å². The summed E-state index contributed by atoms with van der Waals surface area (Å²) >= 11 is 12.2. The molecule has 0 radical (unpaired) electrons. The van der Waals surface area contributed by atoms with E-state index >= 15 is 0 Å². The molecule has 0 saturated carbocycles. The highest BCUT2D eigenvalue weighted by atomic mass is 35.5. The van der Waals surface area contributed by atoms with E-state index in [1.54, 1.807) is 0 Å². The lowest BCUT2D eigenvalue weighted by Crippen LogP contribution is -2.05. The van der Waals surface area contributed by atoms with Crippen LogP contribution in [0.2, 0.25) is 10.0 Å². The average Bonchev–Trinajstić information content (AvgIpc) is 2.77. The van der Waals surface area contributed by atoms with Crippen molar-refractivity contribution >= 4 is 46.7 Å². The van der Waals surface area contributed by atoms with E-state index in [-0.39, 0.29) is 21.2 Å². The first kappa shape index (κ1) is 13.8. The van der Waals surface area contributed by atoms with Gasteiger partial charge in [-0.15, -0.1) is 0 Å². The van der Waals surface area contributed by atoms with E-state index in [9.17, 15) is 9.59 Å². The van der Waals surface area contributed by atoms with Crippen LogP contribution < -0.4 is 0 Å². The second-order valence-electron chi connectivity index (χ2n) is 3.47.